The lowest BCUT2D eigenvalue weighted by Gasteiger charge is -2.20. The van der Waals surface area contributed by atoms with Gasteiger partial charge in [0.2, 0.25) is 0 Å². The molecule has 0 heterocycles. The van der Waals surface area contributed by atoms with Crippen molar-refractivity contribution in [1.82, 2.24) is 15.5 Å². The van der Waals surface area contributed by atoms with Crippen LogP contribution >= 0.6 is 24.0 Å². The zero-order chi connectivity index (χ0) is 17.6. The molecule has 0 radical (unpaired) electrons. The van der Waals surface area contributed by atoms with Gasteiger partial charge in [0.05, 0.1) is 13.2 Å². The van der Waals surface area contributed by atoms with E-state index in [0.717, 1.165) is 45.3 Å². The van der Waals surface area contributed by atoms with Crippen LogP contribution < -0.4 is 10.6 Å². The minimum absolute atomic E-state index is 0. The minimum Gasteiger partial charge on any atom is -0.380 e. The Labute approximate surface area is 170 Å². The normalized spacial score (nSPS) is 11.3. The molecule has 0 aliphatic heterocycles. The lowest BCUT2D eigenvalue weighted by atomic mass is 10.1. The summed E-state index contributed by atoms with van der Waals surface area (Å²) >= 11 is 0. The zero-order valence-electron chi connectivity index (χ0n) is 16.2. The molecular weight excluding hydrogens is 427 g/mol. The topological polar surface area (TPSA) is 48.9 Å². The maximum absolute atomic E-state index is 5.36. The molecule has 0 saturated carbocycles. The molecule has 0 unspecified atom stereocenters. The van der Waals surface area contributed by atoms with E-state index in [9.17, 15) is 0 Å². The molecule has 1 aromatic rings. The van der Waals surface area contributed by atoms with E-state index in [1.54, 1.807) is 0 Å². The Balaban J connectivity index is 0.00000576. The summed E-state index contributed by atoms with van der Waals surface area (Å²) in [5.74, 6) is 0.842. The van der Waals surface area contributed by atoms with Crippen molar-refractivity contribution in [2.24, 2.45) is 4.99 Å². The van der Waals surface area contributed by atoms with Gasteiger partial charge in [-0.1, -0.05) is 38.1 Å². The summed E-state index contributed by atoms with van der Waals surface area (Å²) in [6, 6.07) is 8.58. The second-order valence-electron chi connectivity index (χ2n) is 5.55. The molecular formula is C19H35IN4O. The third kappa shape index (κ3) is 10.0. The van der Waals surface area contributed by atoms with Gasteiger partial charge in [-0.25, -0.2) is 4.99 Å². The van der Waals surface area contributed by atoms with Gasteiger partial charge in [-0.05, 0) is 38.1 Å². The Bertz CT molecular complexity index is 478. The average molecular weight is 462 g/mol. The first-order valence-electron chi connectivity index (χ1n) is 9.14. The molecule has 0 bridgehead atoms. The monoisotopic (exact) mass is 462 g/mol. The number of ether oxygens (including phenoxy) is 1. The SMILES string of the molecule is CCNC(=NCc1ccccc1CN(CC)CC)NCCOCC.I. The number of hydrogen-bond acceptors (Lipinski definition) is 3. The molecule has 1 rings (SSSR count). The number of rotatable bonds is 11. The van der Waals surface area contributed by atoms with Crippen LogP contribution in [0.25, 0.3) is 0 Å². The van der Waals surface area contributed by atoms with E-state index in [1.165, 1.54) is 11.1 Å². The molecule has 0 amide bonds. The van der Waals surface area contributed by atoms with Crippen LogP contribution in [-0.4, -0.2) is 50.3 Å². The number of aliphatic imine (C=N–C) groups is 1. The second kappa shape index (κ2) is 15.4. The van der Waals surface area contributed by atoms with E-state index in [1.807, 2.05) is 6.92 Å². The van der Waals surface area contributed by atoms with Crippen molar-refractivity contribution < 1.29 is 4.74 Å². The lowest BCUT2D eigenvalue weighted by molar-refractivity contribution is 0.152. The summed E-state index contributed by atoms with van der Waals surface area (Å²) in [5.41, 5.74) is 2.64. The predicted octanol–water partition coefficient (Wildman–Crippen LogP) is 3.24. The number of hydrogen-bond donors (Lipinski definition) is 2. The van der Waals surface area contributed by atoms with E-state index in [0.29, 0.717) is 13.2 Å². The quantitative estimate of drug-likeness (QED) is 0.230. The van der Waals surface area contributed by atoms with E-state index in [4.69, 9.17) is 9.73 Å². The predicted molar refractivity (Wildman–Crippen MR) is 118 cm³/mol. The van der Waals surface area contributed by atoms with Crippen LogP contribution in [0.15, 0.2) is 29.3 Å². The van der Waals surface area contributed by atoms with Crippen LogP contribution in [0.4, 0.5) is 0 Å². The molecule has 0 aromatic heterocycles. The van der Waals surface area contributed by atoms with E-state index < -0.39 is 0 Å². The van der Waals surface area contributed by atoms with Crippen molar-refractivity contribution in [2.75, 3.05) is 39.4 Å². The van der Waals surface area contributed by atoms with Crippen molar-refractivity contribution in [1.29, 1.82) is 0 Å². The summed E-state index contributed by atoms with van der Waals surface area (Å²) in [5, 5.41) is 6.60. The molecule has 25 heavy (non-hydrogen) atoms. The maximum atomic E-state index is 5.36. The Morgan fingerprint density at radius 2 is 1.72 bits per heavy atom. The molecule has 5 nitrogen and oxygen atoms in total. The van der Waals surface area contributed by atoms with Gasteiger partial charge in [-0.15, -0.1) is 24.0 Å². The van der Waals surface area contributed by atoms with Crippen molar-refractivity contribution in [2.45, 2.75) is 40.8 Å². The third-order valence-electron chi connectivity index (χ3n) is 3.90. The first kappa shape index (κ1) is 24.1. The smallest absolute Gasteiger partial charge is 0.191 e. The van der Waals surface area contributed by atoms with Crippen LogP contribution in [0.1, 0.15) is 38.8 Å². The summed E-state index contributed by atoms with van der Waals surface area (Å²) in [6.07, 6.45) is 0. The van der Waals surface area contributed by atoms with Crippen molar-refractivity contribution in [3.8, 4) is 0 Å². The Morgan fingerprint density at radius 1 is 1.04 bits per heavy atom. The lowest BCUT2D eigenvalue weighted by Crippen LogP contribution is -2.39. The van der Waals surface area contributed by atoms with E-state index in [-0.39, 0.29) is 24.0 Å². The Morgan fingerprint density at radius 3 is 2.32 bits per heavy atom. The fourth-order valence-electron chi connectivity index (χ4n) is 2.45. The number of nitrogens with zero attached hydrogens (tertiary/aromatic N) is 2. The van der Waals surface area contributed by atoms with Gasteiger partial charge in [0.25, 0.3) is 0 Å². The van der Waals surface area contributed by atoms with Gasteiger partial charge in [0.15, 0.2) is 5.96 Å². The molecule has 0 aliphatic rings. The van der Waals surface area contributed by atoms with Gasteiger partial charge in [-0.2, -0.15) is 0 Å². The van der Waals surface area contributed by atoms with Gasteiger partial charge in [-0.3, -0.25) is 4.90 Å². The number of benzene rings is 1. The van der Waals surface area contributed by atoms with E-state index >= 15 is 0 Å². The van der Waals surface area contributed by atoms with Crippen molar-refractivity contribution >= 4 is 29.9 Å². The van der Waals surface area contributed by atoms with Gasteiger partial charge in [0, 0.05) is 26.2 Å². The summed E-state index contributed by atoms with van der Waals surface area (Å²) < 4.78 is 5.36. The molecule has 0 aliphatic carbocycles. The Kier molecular flexibility index (Phi) is 14.9. The molecule has 0 saturated heterocycles. The fourth-order valence-corrected chi connectivity index (χ4v) is 2.45. The van der Waals surface area contributed by atoms with Crippen LogP contribution in [0.3, 0.4) is 0 Å². The average Bonchev–Trinajstić information content (AvgIpc) is 2.62. The zero-order valence-corrected chi connectivity index (χ0v) is 18.5. The minimum atomic E-state index is 0. The highest BCUT2D eigenvalue weighted by Gasteiger charge is 2.06. The molecule has 144 valence electrons. The summed E-state index contributed by atoms with van der Waals surface area (Å²) in [6.45, 7) is 15.3. The van der Waals surface area contributed by atoms with Crippen LogP contribution in [0, 0.1) is 0 Å². The fraction of sp³-hybridized carbons (Fsp3) is 0.632. The van der Waals surface area contributed by atoms with Crippen LogP contribution in [0.2, 0.25) is 0 Å². The molecule has 6 heteroatoms. The first-order chi connectivity index (χ1) is 11.7. The standard InChI is InChI=1S/C19H34N4O.HI/c1-5-20-19(21-13-14-24-8-4)22-15-17-11-9-10-12-18(17)16-23(6-2)7-3;/h9-12H,5-8,13-16H2,1-4H3,(H2,20,21,22);1H. The number of guanidine groups is 1. The second-order valence-corrected chi connectivity index (χ2v) is 5.55. The molecule has 1 aromatic carbocycles. The highest BCUT2D eigenvalue weighted by atomic mass is 127. The van der Waals surface area contributed by atoms with Crippen molar-refractivity contribution in [3.05, 3.63) is 35.4 Å². The van der Waals surface area contributed by atoms with Crippen LogP contribution in [-0.2, 0) is 17.8 Å². The largest absolute Gasteiger partial charge is 0.380 e. The summed E-state index contributed by atoms with van der Waals surface area (Å²) in [7, 11) is 0. The molecule has 2 N–H and O–H groups in total. The first-order valence-corrected chi connectivity index (χ1v) is 9.14. The molecule has 0 fully saturated rings. The molecule has 0 spiro atoms. The molecule has 0 atom stereocenters. The number of nitrogens with one attached hydrogen (secondary N) is 2. The maximum Gasteiger partial charge on any atom is 0.191 e. The van der Waals surface area contributed by atoms with Gasteiger partial charge in [0.1, 0.15) is 0 Å². The van der Waals surface area contributed by atoms with Gasteiger partial charge >= 0.3 is 0 Å². The van der Waals surface area contributed by atoms with Gasteiger partial charge < -0.3 is 15.4 Å². The Hall–Kier alpha value is -0.860. The van der Waals surface area contributed by atoms with Crippen LogP contribution in [0.5, 0.6) is 0 Å². The highest BCUT2D eigenvalue weighted by molar-refractivity contribution is 14.0. The van der Waals surface area contributed by atoms with E-state index in [2.05, 4.69) is 60.6 Å². The third-order valence-corrected chi connectivity index (χ3v) is 3.90. The summed E-state index contributed by atoms with van der Waals surface area (Å²) in [4.78, 5) is 7.15. The van der Waals surface area contributed by atoms with Crippen molar-refractivity contribution in [3.63, 3.8) is 0 Å². The number of halogens is 1. The highest BCUT2D eigenvalue weighted by Crippen LogP contribution is 2.13.